The second-order valence-electron chi connectivity index (χ2n) is 10.5. The van der Waals surface area contributed by atoms with Crippen molar-refractivity contribution in [1.82, 2.24) is 9.13 Å². The molecule has 2 bridgehead atoms. The Bertz CT molecular complexity index is 1720. The topological polar surface area (TPSA) is 67.4 Å². The molecule has 33 heavy (non-hydrogen) atoms. The molecule has 3 heterocycles. The Morgan fingerprint density at radius 3 is 2.39 bits per heavy atom. The van der Waals surface area contributed by atoms with Crippen molar-refractivity contribution < 1.29 is 15.0 Å². The molecule has 2 aliphatic carbocycles. The molecule has 2 aromatic heterocycles. The van der Waals surface area contributed by atoms with Gasteiger partial charge in [0.2, 0.25) is 0 Å². The molecule has 3 aromatic carbocycles. The Kier molecular flexibility index (Phi) is 3.04. The van der Waals surface area contributed by atoms with Crippen LogP contribution in [0.4, 0.5) is 0 Å². The van der Waals surface area contributed by atoms with Crippen molar-refractivity contribution in [2.24, 2.45) is 0 Å². The molecular weight excluding hydrogens is 412 g/mol. The summed E-state index contributed by atoms with van der Waals surface area (Å²) in [5.41, 5.74) is 4.53. The second-order valence-corrected chi connectivity index (χ2v) is 10.5. The van der Waals surface area contributed by atoms with Crippen LogP contribution < -0.4 is 0 Å². The molecule has 2 N–H and O–H groups in total. The van der Waals surface area contributed by atoms with Crippen LogP contribution in [0.2, 0.25) is 0 Å². The highest BCUT2D eigenvalue weighted by Gasteiger charge is 2.59. The lowest BCUT2D eigenvalue weighted by Crippen LogP contribution is -2.52. The number of para-hydroxylation sites is 2. The van der Waals surface area contributed by atoms with E-state index in [0.29, 0.717) is 12.8 Å². The fourth-order valence-electron chi connectivity index (χ4n) is 7.66. The van der Waals surface area contributed by atoms with Gasteiger partial charge in [-0.2, -0.15) is 0 Å². The van der Waals surface area contributed by atoms with Crippen LogP contribution in [0.15, 0.2) is 48.5 Å². The summed E-state index contributed by atoms with van der Waals surface area (Å²) in [5.74, 6) is 0.235. The van der Waals surface area contributed by atoms with E-state index in [-0.39, 0.29) is 18.4 Å². The maximum absolute atomic E-state index is 13.3. The van der Waals surface area contributed by atoms with Crippen LogP contribution >= 0.6 is 0 Å². The minimum Gasteiger partial charge on any atom is -0.393 e. The van der Waals surface area contributed by atoms with Crippen molar-refractivity contribution in [3.63, 3.8) is 0 Å². The molecule has 1 saturated carbocycles. The SMILES string of the molecule is C[C@]12CC(C[C@]1(O)CO)n1c3ccccc3c3c4c(c5c6ccccc6n2c5c31)CCC4=O. The zero-order valence-electron chi connectivity index (χ0n) is 18.4. The van der Waals surface area contributed by atoms with E-state index in [4.69, 9.17) is 0 Å². The summed E-state index contributed by atoms with van der Waals surface area (Å²) in [6.07, 6.45) is 2.49. The van der Waals surface area contributed by atoms with Gasteiger partial charge in [-0.1, -0.05) is 36.4 Å². The van der Waals surface area contributed by atoms with Crippen LogP contribution in [0.5, 0.6) is 0 Å². The number of nitrogens with zero attached hydrogens (tertiary/aromatic N) is 2. The number of rotatable bonds is 1. The molecule has 1 fully saturated rings. The summed E-state index contributed by atoms with van der Waals surface area (Å²) in [4.78, 5) is 13.3. The van der Waals surface area contributed by atoms with Crippen molar-refractivity contribution in [2.45, 2.75) is 49.8 Å². The molecule has 0 spiro atoms. The molecule has 5 nitrogen and oxygen atoms in total. The summed E-state index contributed by atoms with van der Waals surface area (Å²) in [6.45, 7) is 1.82. The van der Waals surface area contributed by atoms with Crippen LogP contribution in [0.1, 0.15) is 48.1 Å². The van der Waals surface area contributed by atoms with Gasteiger partial charge in [0, 0.05) is 57.0 Å². The molecule has 1 aliphatic heterocycles. The first-order valence-electron chi connectivity index (χ1n) is 11.9. The van der Waals surface area contributed by atoms with Gasteiger partial charge in [0.15, 0.2) is 5.78 Å². The van der Waals surface area contributed by atoms with Crippen LogP contribution in [0.3, 0.4) is 0 Å². The van der Waals surface area contributed by atoms with E-state index in [2.05, 4.69) is 52.5 Å². The van der Waals surface area contributed by atoms with Gasteiger partial charge in [0.25, 0.3) is 0 Å². The van der Waals surface area contributed by atoms with Crippen LogP contribution in [-0.4, -0.2) is 37.3 Å². The third kappa shape index (κ3) is 1.79. The smallest absolute Gasteiger partial charge is 0.164 e. The molecule has 164 valence electrons. The molecule has 0 radical (unpaired) electrons. The Morgan fingerprint density at radius 2 is 1.64 bits per heavy atom. The maximum Gasteiger partial charge on any atom is 0.164 e. The van der Waals surface area contributed by atoms with E-state index in [0.717, 1.165) is 67.6 Å². The van der Waals surface area contributed by atoms with Crippen molar-refractivity contribution in [1.29, 1.82) is 0 Å². The highest BCUT2D eigenvalue weighted by Crippen LogP contribution is 2.59. The molecule has 0 saturated heterocycles. The van der Waals surface area contributed by atoms with Crippen LogP contribution in [0, 0.1) is 0 Å². The third-order valence-electron chi connectivity index (χ3n) is 9.07. The van der Waals surface area contributed by atoms with Crippen molar-refractivity contribution in [3.05, 3.63) is 59.7 Å². The molecule has 1 unspecified atom stereocenters. The quantitative estimate of drug-likeness (QED) is 0.396. The van der Waals surface area contributed by atoms with E-state index in [9.17, 15) is 15.0 Å². The maximum atomic E-state index is 13.3. The number of hydrogen-bond acceptors (Lipinski definition) is 3. The summed E-state index contributed by atoms with van der Waals surface area (Å²) < 4.78 is 4.70. The van der Waals surface area contributed by atoms with E-state index in [1.54, 1.807) is 0 Å². The predicted octanol–water partition coefficient (Wildman–Crippen LogP) is 4.82. The second kappa shape index (κ2) is 5.49. The molecule has 5 heteroatoms. The van der Waals surface area contributed by atoms with Gasteiger partial charge in [-0.15, -0.1) is 0 Å². The van der Waals surface area contributed by atoms with Gasteiger partial charge >= 0.3 is 0 Å². The third-order valence-corrected chi connectivity index (χ3v) is 9.07. The molecule has 3 atom stereocenters. The lowest BCUT2D eigenvalue weighted by atomic mass is 9.84. The predicted molar refractivity (Wildman–Crippen MR) is 129 cm³/mol. The first-order chi connectivity index (χ1) is 16.0. The molecule has 3 aliphatic rings. The Hall–Kier alpha value is -3.15. The van der Waals surface area contributed by atoms with E-state index < -0.39 is 11.1 Å². The minimum atomic E-state index is -1.24. The van der Waals surface area contributed by atoms with E-state index >= 15 is 0 Å². The molecule has 5 aromatic rings. The molecule has 0 amide bonds. The number of aromatic nitrogens is 2. The number of carbonyl (C=O) groups excluding carboxylic acids is 1. The summed E-state index contributed by atoms with van der Waals surface area (Å²) in [7, 11) is 0. The number of fused-ring (bicyclic) bond motifs is 13. The summed E-state index contributed by atoms with van der Waals surface area (Å²) >= 11 is 0. The minimum absolute atomic E-state index is 0.0333. The number of carbonyl (C=O) groups is 1. The molecular formula is C28H24N2O3. The average Bonchev–Trinajstić information content (AvgIpc) is 3.51. The van der Waals surface area contributed by atoms with Gasteiger partial charge in [-0.3, -0.25) is 4.79 Å². The van der Waals surface area contributed by atoms with Crippen LogP contribution in [-0.2, 0) is 12.0 Å². The fraction of sp³-hybridized carbons (Fsp3) is 0.321. The van der Waals surface area contributed by atoms with Crippen molar-refractivity contribution in [2.75, 3.05) is 6.61 Å². The zero-order chi connectivity index (χ0) is 22.3. The van der Waals surface area contributed by atoms with Crippen molar-refractivity contribution in [3.8, 4) is 0 Å². The Morgan fingerprint density at radius 1 is 0.939 bits per heavy atom. The highest BCUT2D eigenvalue weighted by atomic mass is 16.3. The first kappa shape index (κ1) is 18.3. The number of aliphatic hydroxyl groups excluding tert-OH is 1. The zero-order valence-corrected chi connectivity index (χ0v) is 18.4. The first-order valence-corrected chi connectivity index (χ1v) is 11.9. The number of aliphatic hydroxyl groups is 2. The van der Waals surface area contributed by atoms with E-state index in [1.165, 1.54) is 0 Å². The summed E-state index contributed by atoms with van der Waals surface area (Å²) in [5, 5.41) is 26.8. The number of ketones is 1. The lowest BCUT2D eigenvalue weighted by Gasteiger charge is -2.40. The number of Topliss-reactive ketones (excluding diaryl/α,β-unsaturated/α-hetero) is 1. The highest BCUT2D eigenvalue weighted by molar-refractivity contribution is 6.31. The normalized spacial score (nSPS) is 28.1. The van der Waals surface area contributed by atoms with Gasteiger partial charge in [-0.25, -0.2) is 0 Å². The number of aryl methyl sites for hydroxylation is 1. The van der Waals surface area contributed by atoms with Gasteiger partial charge < -0.3 is 19.3 Å². The van der Waals surface area contributed by atoms with Crippen molar-refractivity contribution >= 4 is 49.4 Å². The average molecular weight is 437 g/mol. The standard InChI is InChI=1S/C28H24N2O3/c1-27-12-15(13-28(27,33)14-31)29-19-8-4-2-6-16(19)24-23-18(10-11-21(23)32)22-17-7-3-5-9-20(17)30(27)26(22)25(24)29/h2-9,15,31,33H,10-14H2,1H3/t15?,27-,28-/m0/s1. The fourth-order valence-corrected chi connectivity index (χ4v) is 7.66. The Balaban J connectivity index is 1.78. The van der Waals surface area contributed by atoms with Gasteiger partial charge in [-0.05, 0) is 37.5 Å². The van der Waals surface area contributed by atoms with Crippen LogP contribution in [0.25, 0.3) is 43.6 Å². The Labute approximate surface area is 189 Å². The largest absolute Gasteiger partial charge is 0.393 e. The lowest BCUT2D eigenvalue weighted by molar-refractivity contribution is -0.0792. The van der Waals surface area contributed by atoms with Gasteiger partial charge in [0.1, 0.15) is 5.60 Å². The number of benzene rings is 3. The van der Waals surface area contributed by atoms with Gasteiger partial charge in [0.05, 0.1) is 23.2 Å². The monoisotopic (exact) mass is 436 g/mol. The molecule has 8 rings (SSSR count). The summed E-state index contributed by atoms with van der Waals surface area (Å²) in [6, 6.07) is 16.8. The number of hydrogen-bond donors (Lipinski definition) is 2. The van der Waals surface area contributed by atoms with E-state index in [1.807, 2.05) is 12.1 Å².